The lowest BCUT2D eigenvalue weighted by atomic mass is 10.2. The quantitative estimate of drug-likeness (QED) is 0.751. The van der Waals surface area contributed by atoms with E-state index in [-0.39, 0.29) is 24.5 Å². The standard InChI is InChI=1S/C14H20N2O4/c1-10(12-4-3-9-20-12)16(11-6-7-11)14(19)15-8-2-5-13(17)18/h3-4,9-11H,2,5-8H2,1H3,(H,15,19)(H,17,18). The Morgan fingerprint density at radius 3 is 2.85 bits per heavy atom. The Morgan fingerprint density at radius 1 is 1.55 bits per heavy atom. The van der Waals surface area contributed by atoms with Crippen molar-refractivity contribution in [1.29, 1.82) is 0 Å². The molecule has 2 amide bonds. The summed E-state index contributed by atoms with van der Waals surface area (Å²) in [5, 5.41) is 11.3. The minimum Gasteiger partial charge on any atom is -0.481 e. The fourth-order valence-electron chi connectivity index (χ4n) is 2.20. The van der Waals surface area contributed by atoms with Crippen LogP contribution < -0.4 is 5.32 Å². The molecule has 0 bridgehead atoms. The van der Waals surface area contributed by atoms with Crippen molar-refractivity contribution in [2.24, 2.45) is 0 Å². The summed E-state index contributed by atoms with van der Waals surface area (Å²) in [6.07, 6.45) is 4.12. The number of amides is 2. The number of hydrogen-bond acceptors (Lipinski definition) is 3. The van der Waals surface area contributed by atoms with Crippen LogP contribution in [0.4, 0.5) is 4.79 Å². The van der Waals surface area contributed by atoms with Gasteiger partial charge >= 0.3 is 12.0 Å². The van der Waals surface area contributed by atoms with E-state index in [4.69, 9.17) is 9.52 Å². The first-order valence-corrected chi connectivity index (χ1v) is 6.91. The van der Waals surface area contributed by atoms with E-state index in [9.17, 15) is 9.59 Å². The number of carboxylic acids is 1. The Bertz CT molecular complexity index is 454. The molecule has 1 aromatic rings. The summed E-state index contributed by atoms with van der Waals surface area (Å²) in [6.45, 7) is 2.31. The maximum absolute atomic E-state index is 12.2. The summed E-state index contributed by atoms with van der Waals surface area (Å²) in [6, 6.07) is 3.66. The molecule has 20 heavy (non-hydrogen) atoms. The van der Waals surface area contributed by atoms with Crippen LogP contribution in [0, 0.1) is 0 Å². The largest absolute Gasteiger partial charge is 0.481 e. The number of furan rings is 1. The van der Waals surface area contributed by atoms with Crippen molar-refractivity contribution >= 4 is 12.0 Å². The van der Waals surface area contributed by atoms with Gasteiger partial charge in [0.15, 0.2) is 0 Å². The zero-order chi connectivity index (χ0) is 14.5. The van der Waals surface area contributed by atoms with Gasteiger partial charge in [-0.25, -0.2) is 4.79 Å². The Kier molecular flexibility index (Phi) is 4.65. The minimum atomic E-state index is -0.845. The number of rotatable bonds is 7. The van der Waals surface area contributed by atoms with Gasteiger partial charge in [0.2, 0.25) is 0 Å². The van der Waals surface area contributed by atoms with Crippen LogP contribution in [0.15, 0.2) is 22.8 Å². The molecule has 0 aromatic carbocycles. The number of aliphatic carboxylic acids is 1. The molecule has 1 aliphatic carbocycles. The average Bonchev–Trinajstić information content (AvgIpc) is 3.07. The Labute approximate surface area is 117 Å². The number of urea groups is 1. The van der Waals surface area contributed by atoms with E-state index in [1.807, 2.05) is 19.1 Å². The van der Waals surface area contributed by atoms with Crippen molar-refractivity contribution in [2.75, 3.05) is 6.54 Å². The highest BCUT2D eigenvalue weighted by Gasteiger charge is 2.37. The molecule has 1 heterocycles. The molecule has 0 radical (unpaired) electrons. The maximum Gasteiger partial charge on any atom is 0.318 e. The van der Waals surface area contributed by atoms with Crippen molar-refractivity contribution < 1.29 is 19.1 Å². The fourth-order valence-corrected chi connectivity index (χ4v) is 2.20. The van der Waals surface area contributed by atoms with Gasteiger partial charge in [-0.2, -0.15) is 0 Å². The SMILES string of the molecule is CC(c1ccco1)N(C(=O)NCCCC(=O)O)C1CC1. The van der Waals surface area contributed by atoms with Crippen LogP contribution in [0.5, 0.6) is 0 Å². The van der Waals surface area contributed by atoms with E-state index in [0.717, 1.165) is 18.6 Å². The topological polar surface area (TPSA) is 82.8 Å². The second-order valence-corrected chi connectivity index (χ2v) is 5.06. The van der Waals surface area contributed by atoms with Crippen LogP contribution in [0.3, 0.4) is 0 Å². The van der Waals surface area contributed by atoms with Gasteiger partial charge in [0.05, 0.1) is 12.3 Å². The number of hydrogen-bond donors (Lipinski definition) is 2. The minimum absolute atomic E-state index is 0.0669. The van der Waals surface area contributed by atoms with Gasteiger partial charge in [-0.05, 0) is 38.3 Å². The normalized spacial score (nSPS) is 15.7. The van der Waals surface area contributed by atoms with Gasteiger partial charge in [0, 0.05) is 19.0 Å². The first kappa shape index (κ1) is 14.4. The van der Waals surface area contributed by atoms with E-state index < -0.39 is 5.97 Å². The molecule has 0 saturated heterocycles. The number of nitrogens with zero attached hydrogens (tertiary/aromatic N) is 1. The van der Waals surface area contributed by atoms with E-state index in [0.29, 0.717) is 13.0 Å². The van der Waals surface area contributed by atoms with E-state index in [1.54, 1.807) is 11.2 Å². The third-order valence-corrected chi connectivity index (χ3v) is 3.39. The highest BCUT2D eigenvalue weighted by Crippen LogP contribution is 2.34. The van der Waals surface area contributed by atoms with Gasteiger partial charge in [-0.1, -0.05) is 0 Å². The Hall–Kier alpha value is -1.98. The molecule has 0 spiro atoms. The summed E-state index contributed by atoms with van der Waals surface area (Å²) in [7, 11) is 0. The lowest BCUT2D eigenvalue weighted by Crippen LogP contribution is -2.43. The van der Waals surface area contributed by atoms with Gasteiger partial charge in [-0.15, -0.1) is 0 Å². The summed E-state index contributed by atoms with van der Waals surface area (Å²) >= 11 is 0. The molecule has 6 heteroatoms. The fraction of sp³-hybridized carbons (Fsp3) is 0.571. The van der Waals surface area contributed by atoms with Crippen molar-refractivity contribution in [3.8, 4) is 0 Å². The molecule has 1 aliphatic rings. The van der Waals surface area contributed by atoms with Crippen LogP contribution >= 0.6 is 0 Å². The number of carbonyl (C=O) groups is 2. The lowest BCUT2D eigenvalue weighted by molar-refractivity contribution is -0.137. The van der Waals surface area contributed by atoms with Crippen LogP contribution in [0.1, 0.15) is 44.4 Å². The molecule has 1 atom stereocenters. The average molecular weight is 280 g/mol. The van der Waals surface area contributed by atoms with Gasteiger partial charge in [0.25, 0.3) is 0 Å². The molecular formula is C14H20N2O4. The number of nitrogens with one attached hydrogen (secondary N) is 1. The Balaban J connectivity index is 1.88. The van der Waals surface area contributed by atoms with E-state index >= 15 is 0 Å². The molecule has 1 aromatic heterocycles. The van der Waals surface area contributed by atoms with Crippen LogP contribution in [0.2, 0.25) is 0 Å². The van der Waals surface area contributed by atoms with Crippen LogP contribution in [-0.4, -0.2) is 34.6 Å². The molecule has 110 valence electrons. The molecule has 1 fully saturated rings. The second kappa shape index (κ2) is 6.45. The zero-order valence-corrected chi connectivity index (χ0v) is 11.5. The first-order chi connectivity index (χ1) is 9.59. The van der Waals surface area contributed by atoms with Crippen LogP contribution in [0.25, 0.3) is 0 Å². The number of carbonyl (C=O) groups excluding carboxylic acids is 1. The highest BCUT2D eigenvalue weighted by molar-refractivity contribution is 5.75. The van der Waals surface area contributed by atoms with E-state index in [2.05, 4.69) is 5.32 Å². The third kappa shape index (κ3) is 3.76. The predicted molar refractivity (Wildman–Crippen MR) is 72.3 cm³/mol. The molecule has 1 saturated carbocycles. The van der Waals surface area contributed by atoms with Gasteiger partial charge in [-0.3, -0.25) is 4.79 Å². The van der Waals surface area contributed by atoms with Crippen molar-refractivity contribution in [2.45, 2.75) is 44.7 Å². The first-order valence-electron chi connectivity index (χ1n) is 6.91. The summed E-state index contributed by atoms with van der Waals surface area (Å²) in [5.74, 6) is -0.0835. The second-order valence-electron chi connectivity index (χ2n) is 5.06. The summed E-state index contributed by atoms with van der Waals surface area (Å²) in [5.41, 5.74) is 0. The van der Waals surface area contributed by atoms with Gasteiger partial charge in [0.1, 0.15) is 5.76 Å². The summed E-state index contributed by atoms with van der Waals surface area (Å²) in [4.78, 5) is 24.4. The van der Waals surface area contributed by atoms with Crippen molar-refractivity contribution in [3.05, 3.63) is 24.2 Å². The smallest absolute Gasteiger partial charge is 0.318 e. The molecular weight excluding hydrogens is 260 g/mol. The van der Waals surface area contributed by atoms with Gasteiger partial charge < -0.3 is 19.7 Å². The molecule has 1 unspecified atom stereocenters. The third-order valence-electron chi connectivity index (χ3n) is 3.39. The monoisotopic (exact) mass is 280 g/mol. The number of carboxylic acid groups (broad SMARTS) is 1. The van der Waals surface area contributed by atoms with Crippen LogP contribution in [-0.2, 0) is 4.79 Å². The lowest BCUT2D eigenvalue weighted by Gasteiger charge is -2.28. The Morgan fingerprint density at radius 2 is 2.30 bits per heavy atom. The highest BCUT2D eigenvalue weighted by atomic mass is 16.4. The predicted octanol–water partition coefficient (Wildman–Crippen LogP) is 2.38. The molecule has 0 aliphatic heterocycles. The van der Waals surface area contributed by atoms with Crippen molar-refractivity contribution in [1.82, 2.24) is 10.2 Å². The molecule has 2 N–H and O–H groups in total. The van der Waals surface area contributed by atoms with E-state index in [1.165, 1.54) is 0 Å². The molecule has 2 rings (SSSR count). The zero-order valence-electron chi connectivity index (χ0n) is 11.5. The molecule has 6 nitrogen and oxygen atoms in total. The summed E-state index contributed by atoms with van der Waals surface area (Å²) < 4.78 is 5.36. The maximum atomic E-state index is 12.2. The van der Waals surface area contributed by atoms with Crippen molar-refractivity contribution in [3.63, 3.8) is 0 Å².